The number of nitrogens with one attached hydrogen (secondary N) is 1. The maximum absolute atomic E-state index is 10.3. The molecule has 0 heterocycles. The molecular weight excluding hydrogens is 178 g/mol. The lowest BCUT2D eigenvalue weighted by molar-refractivity contribution is -0.140. The van der Waals surface area contributed by atoms with Gasteiger partial charge in [0.25, 0.3) is 0 Å². The van der Waals surface area contributed by atoms with Crippen LogP contribution in [0.3, 0.4) is 0 Å². The van der Waals surface area contributed by atoms with Crippen LogP contribution in [0.4, 0.5) is 0 Å². The van der Waals surface area contributed by atoms with Gasteiger partial charge in [-0.05, 0) is 0 Å². The predicted molar refractivity (Wildman–Crippen MR) is 47.6 cm³/mol. The van der Waals surface area contributed by atoms with E-state index in [2.05, 4.69) is 17.9 Å². The molecule has 0 saturated carbocycles. The monoisotopic (exact) mass is 189 g/mol. The third-order valence-electron chi connectivity index (χ3n) is 0.858. The van der Waals surface area contributed by atoms with Gasteiger partial charge >= 0.3 is 29.0 Å². The minimum atomic E-state index is -1.06. The molecule has 0 fully saturated rings. The summed E-state index contributed by atoms with van der Waals surface area (Å²) >= 11 is 3.73. The molecule has 0 radical (unpaired) electrons. The van der Waals surface area contributed by atoms with Gasteiger partial charge in [0.05, 0.1) is 0 Å². The van der Waals surface area contributed by atoms with E-state index in [4.69, 9.17) is 5.11 Å². The Kier molecular flexibility index (Phi) is 8.36. The summed E-state index contributed by atoms with van der Waals surface area (Å²) in [5.74, 6) is -1.32. The number of thiol groups is 1. The molecule has 11 heavy (non-hydrogen) atoms. The van der Waals surface area contributed by atoms with Crippen LogP contribution in [0.25, 0.3) is 0 Å². The Morgan fingerprint density at radius 2 is 2.09 bits per heavy atom. The van der Waals surface area contributed by atoms with E-state index in [0.29, 0.717) is 0 Å². The molecule has 4 nitrogen and oxygen atoms in total. The average Bonchev–Trinajstić information content (AvgIpc) is 1.81. The second-order valence-corrected chi connectivity index (χ2v) is 2.14. The van der Waals surface area contributed by atoms with Crippen LogP contribution < -0.4 is 5.32 Å². The Labute approximate surface area is 86.3 Å². The summed E-state index contributed by atoms with van der Waals surface area (Å²) in [5, 5.41) is 10.6. The highest BCUT2D eigenvalue weighted by Gasteiger charge is 2.14. The van der Waals surface area contributed by atoms with E-state index in [1.165, 1.54) is 6.92 Å². The van der Waals surface area contributed by atoms with Crippen molar-refractivity contribution in [3.8, 4) is 0 Å². The van der Waals surface area contributed by atoms with Crippen LogP contribution in [0, 0.1) is 0 Å². The minimum absolute atomic E-state index is 0. The van der Waals surface area contributed by atoms with E-state index >= 15 is 0 Å². The fraction of sp³-hybridized carbons (Fsp3) is 0.600. The molecule has 0 rings (SSSR count). The number of rotatable bonds is 3. The number of carboxylic acids is 1. The highest BCUT2D eigenvalue weighted by Crippen LogP contribution is 1.86. The number of carbonyl (C=O) groups excluding carboxylic acids is 1. The Morgan fingerprint density at radius 3 is 2.18 bits per heavy atom. The highest BCUT2D eigenvalue weighted by atomic mass is 32.1. The van der Waals surface area contributed by atoms with Crippen LogP contribution in [0.2, 0.25) is 0 Å². The number of carboxylic acid groups (broad SMARTS) is 1. The molecular formula is C5H11MgNO3S. The summed E-state index contributed by atoms with van der Waals surface area (Å²) < 4.78 is 0. The Hall–Kier alpha value is 0.0562. The van der Waals surface area contributed by atoms with E-state index in [-0.39, 0.29) is 34.7 Å². The van der Waals surface area contributed by atoms with Gasteiger partial charge in [-0.3, -0.25) is 4.79 Å². The van der Waals surface area contributed by atoms with Crippen LogP contribution in [-0.4, -0.2) is 51.8 Å². The van der Waals surface area contributed by atoms with Gasteiger partial charge in [-0.2, -0.15) is 12.6 Å². The van der Waals surface area contributed by atoms with Crippen molar-refractivity contribution in [2.24, 2.45) is 0 Å². The molecule has 0 unspecified atom stereocenters. The number of carbonyl (C=O) groups is 2. The molecule has 0 aromatic heterocycles. The number of aliphatic carboxylic acids is 1. The molecule has 0 aliphatic rings. The normalized spacial score (nSPS) is 11.1. The standard InChI is InChI=1S/C5H9NO3S.Mg.2H/c1-3(7)6-4(2-10)5(8)9;;;/h4,10H,2H2,1H3,(H,6,7)(H,8,9);;;/t4-;;;/m0.../s1. The van der Waals surface area contributed by atoms with Crippen molar-refractivity contribution < 1.29 is 14.7 Å². The van der Waals surface area contributed by atoms with Crippen molar-refractivity contribution in [2.45, 2.75) is 13.0 Å². The molecule has 6 heteroatoms. The van der Waals surface area contributed by atoms with Crippen LogP contribution in [0.5, 0.6) is 0 Å². The zero-order valence-corrected chi connectivity index (χ0v) is 6.39. The average molecular weight is 190 g/mol. The van der Waals surface area contributed by atoms with E-state index in [9.17, 15) is 9.59 Å². The molecule has 0 spiro atoms. The summed E-state index contributed by atoms with van der Waals surface area (Å²) in [6, 6.07) is -0.874. The summed E-state index contributed by atoms with van der Waals surface area (Å²) in [6.07, 6.45) is 0. The quantitative estimate of drug-likeness (QED) is 0.378. The maximum atomic E-state index is 10.3. The molecule has 0 bridgehead atoms. The summed E-state index contributed by atoms with van der Waals surface area (Å²) in [6.45, 7) is 1.26. The number of hydrogen-bond acceptors (Lipinski definition) is 3. The zero-order valence-electron chi connectivity index (χ0n) is 5.50. The Bertz CT molecular complexity index is 153. The lowest BCUT2D eigenvalue weighted by Gasteiger charge is -2.08. The van der Waals surface area contributed by atoms with Crippen LogP contribution in [-0.2, 0) is 9.59 Å². The number of hydrogen-bond donors (Lipinski definition) is 3. The van der Waals surface area contributed by atoms with Crippen molar-refractivity contribution in [1.82, 2.24) is 5.32 Å². The van der Waals surface area contributed by atoms with Crippen molar-refractivity contribution in [3.63, 3.8) is 0 Å². The van der Waals surface area contributed by atoms with Crippen molar-refractivity contribution in [1.29, 1.82) is 0 Å². The topological polar surface area (TPSA) is 66.4 Å². The summed E-state index contributed by atoms with van der Waals surface area (Å²) in [7, 11) is 0. The number of amides is 1. The van der Waals surface area contributed by atoms with Crippen LogP contribution >= 0.6 is 12.6 Å². The molecule has 0 aliphatic carbocycles. The van der Waals surface area contributed by atoms with Gasteiger partial charge in [0.15, 0.2) is 0 Å². The predicted octanol–water partition coefficient (Wildman–Crippen LogP) is -1.41. The first-order valence-electron chi connectivity index (χ1n) is 2.68. The lowest BCUT2D eigenvalue weighted by Crippen LogP contribution is -2.40. The van der Waals surface area contributed by atoms with Crippen LogP contribution in [0.15, 0.2) is 0 Å². The third kappa shape index (κ3) is 6.45. The van der Waals surface area contributed by atoms with Gasteiger partial charge in [-0.1, -0.05) is 0 Å². The summed E-state index contributed by atoms with van der Waals surface area (Å²) in [4.78, 5) is 20.5. The van der Waals surface area contributed by atoms with Crippen LogP contribution in [0.1, 0.15) is 6.92 Å². The first kappa shape index (κ1) is 13.6. The maximum Gasteiger partial charge on any atom is 0.327 e. The molecule has 1 atom stereocenters. The van der Waals surface area contributed by atoms with Gasteiger partial charge < -0.3 is 10.4 Å². The highest BCUT2D eigenvalue weighted by molar-refractivity contribution is 7.80. The van der Waals surface area contributed by atoms with Gasteiger partial charge in [0.2, 0.25) is 5.91 Å². The smallest absolute Gasteiger partial charge is 0.327 e. The zero-order chi connectivity index (χ0) is 8.15. The van der Waals surface area contributed by atoms with Gasteiger partial charge in [-0.15, -0.1) is 0 Å². The van der Waals surface area contributed by atoms with Gasteiger partial charge in [-0.25, -0.2) is 4.79 Å². The first-order chi connectivity index (χ1) is 4.57. The largest absolute Gasteiger partial charge is 0.480 e. The second-order valence-electron chi connectivity index (χ2n) is 1.77. The van der Waals surface area contributed by atoms with E-state index in [1.54, 1.807) is 0 Å². The van der Waals surface area contributed by atoms with Gasteiger partial charge in [0.1, 0.15) is 6.04 Å². The van der Waals surface area contributed by atoms with Crippen molar-refractivity contribution in [3.05, 3.63) is 0 Å². The molecule has 2 N–H and O–H groups in total. The lowest BCUT2D eigenvalue weighted by atomic mass is 10.3. The molecule has 0 aromatic carbocycles. The van der Waals surface area contributed by atoms with Crippen molar-refractivity contribution >= 4 is 47.6 Å². The second kappa shape index (κ2) is 6.75. The Morgan fingerprint density at radius 1 is 1.64 bits per heavy atom. The van der Waals surface area contributed by atoms with E-state index in [1.807, 2.05) is 0 Å². The molecule has 0 aromatic rings. The third-order valence-corrected chi connectivity index (χ3v) is 1.22. The molecule has 0 saturated heterocycles. The molecule has 0 aliphatic heterocycles. The SMILES string of the molecule is CC(=O)N[C@@H](CS)C(=O)O.[MgH2]. The summed E-state index contributed by atoms with van der Waals surface area (Å²) in [5.41, 5.74) is 0. The van der Waals surface area contributed by atoms with Crippen molar-refractivity contribution in [2.75, 3.05) is 5.75 Å². The van der Waals surface area contributed by atoms with Gasteiger partial charge in [0, 0.05) is 12.7 Å². The first-order valence-corrected chi connectivity index (χ1v) is 3.32. The molecule has 1 amide bonds. The fourth-order valence-electron chi connectivity index (χ4n) is 0.431. The molecule has 62 valence electrons. The van der Waals surface area contributed by atoms with E-state index in [0.717, 1.165) is 0 Å². The minimum Gasteiger partial charge on any atom is -0.480 e. The fourth-order valence-corrected chi connectivity index (χ4v) is 0.678. The van der Waals surface area contributed by atoms with E-state index < -0.39 is 12.0 Å². The Balaban J connectivity index is 0.